The van der Waals surface area contributed by atoms with Crippen molar-refractivity contribution in [1.82, 2.24) is 9.88 Å². The number of rotatable bonds is 6. The van der Waals surface area contributed by atoms with Crippen molar-refractivity contribution in [1.29, 1.82) is 0 Å². The van der Waals surface area contributed by atoms with Crippen molar-refractivity contribution in [3.8, 4) is 0 Å². The monoisotopic (exact) mass is 346 g/mol. The van der Waals surface area contributed by atoms with Gasteiger partial charge in [-0.05, 0) is 12.1 Å². The molecule has 0 unspecified atom stereocenters. The third-order valence-corrected chi connectivity index (χ3v) is 4.51. The largest absolute Gasteiger partial charge is 0.383 e. The molecular formula is C16H18N4O3S. The Hall–Kier alpha value is -2.45. The molecule has 1 aromatic heterocycles. The Bertz CT molecular complexity index is 719. The van der Waals surface area contributed by atoms with Crippen LogP contribution in [0.3, 0.4) is 0 Å². The van der Waals surface area contributed by atoms with Gasteiger partial charge in [-0.3, -0.25) is 9.69 Å². The van der Waals surface area contributed by atoms with Gasteiger partial charge in [-0.15, -0.1) is 11.3 Å². The quantitative estimate of drug-likeness (QED) is 0.871. The summed E-state index contributed by atoms with van der Waals surface area (Å²) in [5.41, 5.74) is 1.02. The summed E-state index contributed by atoms with van der Waals surface area (Å²) in [6.07, 6.45) is 0. The maximum Gasteiger partial charge on any atom is 0.326 e. The summed E-state index contributed by atoms with van der Waals surface area (Å²) in [4.78, 5) is 32.2. The molecule has 2 aromatic rings. The Morgan fingerprint density at radius 1 is 1.33 bits per heavy atom. The van der Waals surface area contributed by atoms with Gasteiger partial charge in [0.1, 0.15) is 5.69 Å². The maximum atomic E-state index is 12.3. The van der Waals surface area contributed by atoms with Crippen molar-refractivity contribution >= 4 is 34.1 Å². The van der Waals surface area contributed by atoms with Crippen LogP contribution in [0.15, 0.2) is 35.7 Å². The Kier molecular flexibility index (Phi) is 5.07. The van der Waals surface area contributed by atoms with Gasteiger partial charge >= 0.3 is 6.03 Å². The number of nitrogens with zero attached hydrogens (tertiary/aromatic N) is 3. The lowest BCUT2D eigenvalue weighted by atomic mass is 10.3. The third-order valence-electron chi connectivity index (χ3n) is 3.65. The minimum absolute atomic E-state index is 0.101. The Morgan fingerprint density at radius 3 is 2.88 bits per heavy atom. The molecule has 24 heavy (non-hydrogen) atoms. The predicted octanol–water partition coefficient (Wildman–Crippen LogP) is 2.28. The maximum absolute atomic E-state index is 12.3. The molecule has 1 aromatic carbocycles. The fraction of sp³-hybridized carbons (Fsp3) is 0.312. The highest BCUT2D eigenvalue weighted by atomic mass is 32.1. The summed E-state index contributed by atoms with van der Waals surface area (Å²) in [6, 6.07) is 9.09. The lowest BCUT2D eigenvalue weighted by Crippen LogP contribution is -2.33. The molecule has 126 valence electrons. The number of anilines is 2. The van der Waals surface area contributed by atoms with E-state index in [-0.39, 0.29) is 11.9 Å². The average molecular weight is 346 g/mol. The van der Waals surface area contributed by atoms with E-state index in [1.807, 2.05) is 30.3 Å². The molecule has 0 radical (unpaired) electrons. The van der Waals surface area contributed by atoms with Crippen LogP contribution < -0.4 is 10.2 Å². The first-order chi connectivity index (χ1) is 11.7. The standard InChI is InChI=1S/C16H18N4O3S/c1-23-10-9-19-7-8-20(16(19)22)15-18-13(11-24-15)14(21)17-12-5-3-2-4-6-12/h2-6,11H,7-10H2,1H3,(H,17,21). The molecule has 1 aliphatic rings. The van der Waals surface area contributed by atoms with Crippen molar-refractivity contribution in [2.75, 3.05) is 43.6 Å². The van der Waals surface area contributed by atoms with E-state index < -0.39 is 0 Å². The summed E-state index contributed by atoms with van der Waals surface area (Å²) < 4.78 is 5.01. The average Bonchev–Trinajstić information content (AvgIpc) is 3.21. The second-order valence-corrected chi connectivity index (χ2v) is 6.09. The smallest absolute Gasteiger partial charge is 0.326 e. The highest BCUT2D eigenvalue weighted by Gasteiger charge is 2.31. The Morgan fingerprint density at radius 2 is 2.12 bits per heavy atom. The van der Waals surface area contributed by atoms with Crippen molar-refractivity contribution in [3.05, 3.63) is 41.4 Å². The number of hydrogen-bond acceptors (Lipinski definition) is 5. The summed E-state index contributed by atoms with van der Waals surface area (Å²) in [6.45, 7) is 2.25. The number of amides is 3. The normalized spacial score (nSPS) is 14.3. The lowest BCUT2D eigenvalue weighted by molar-refractivity contribution is 0.102. The van der Waals surface area contributed by atoms with Crippen LogP contribution in [0.2, 0.25) is 0 Å². The van der Waals surface area contributed by atoms with Gasteiger partial charge in [0, 0.05) is 37.8 Å². The molecule has 0 atom stereocenters. The zero-order valence-corrected chi connectivity index (χ0v) is 14.1. The number of carbonyl (C=O) groups excluding carboxylic acids is 2. The van der Waals surface area contributed by atoms with E-state index in [0.29, 0.717) is 42.8 Å². The molecule has 0 aliphatic carbocycles. The Labute approximate surface area is 143 Å². The second kappa shape index (κ2) is 7.41. The molecule has 1 aliphatic heterocycles. The number of ether oxygens (including phenoxy) is 1. The van der Waals surface area contributed by atoms with Gasteiger partial charge in [0.15, 0.2) is 5.13 Å². The molecule has 3 rings (SSSR count). The van der Waals surface area contributed by atoms with Crippen LogP contribution in [0.5, 0.6) is 0 Å². The van der Waals surface area contributed by atoms with Crippen molar-refractivity contribution < 1.29 is 14.3 Å². The van der Waals surface area contributed by atoms with Gasteiger partial charge in [0.25, 0.3) is 5.91 Å². The number of para-hydroxylation sites is 1. The van der Waals surface area contributed by atoms with Crippen LogP contribution >= 0.6 is 11.3 Å². The van der Waals surface area contributed by atoms with Crippen LogP contribution in [0, 0.1) is 0 Å². The molecule has 0 bridgehead atoms. The van der Waals surface area contributed by atoms with Crippen LogP contribution in [-0.4, -0.2) is 55.2 Å². The predicted molar refractivity (Wildman–Crippen MR) is 92.7 cm³/mol. The first-order valence-corrected chi connectivity index (χ1v) is 8.44. The van der Waals surface area contributed by atoms with Gasteiger partial charge in [0.2, 0.25) is 0 Å². The van der Waals surface area contributed by atoms with Crippen LogP contribution in [0.4, 0.5) is 15.6 Å². The number of carbonyl (C=O) groups is 2. The molecule has 1 saturated heterocycles. The van der Waals surface area contributed by atoms with Crippen LogP contribution in [0.25, 0.3) is 0 Å². The molecule has 7 nitrogen and oxygen atoms in total. The number of hydrogen-bond donors (Lipinski definition) is 1. The lowest BCUT2D eigenvalue weighted by Gasteiger charge is -2.16. The number of urea groups is 1. The van der Waals surface area contributed by atoms with E-state index in [4.69, 9.17) is 4.74 Å². The molecule has 3 amide bonds. The van der Waals surface area contributed by atoms with E-state index in [2.05, 4.69) is 10.3 Å². The molecule has 1 fully saturated rings. The highest BCUT2D eigenvalue weighted by Crippen LogP contribution is 2.25. The SMILES string of the molecule is COCCN1CCN(c2nc(C(=O)Nc3ccccc3)cs2)C1=O. The van der Waals surface area contributed by atoms with E-state index in [1.54, 1.807) is 22.3 Å². The van der Waals surface area contributed by atoms with E-state index in [1.165, 1.54) is 11.3 Å². The first-order valence-electron chi connectivity index (χ1n) is 7.56. The van der Waals surface area contributed by atoms with Gasteiger partial charge in [-0.1, -0.05) is 18.2 Å². The van der Waals surface area contributed by atoms with Gasteiger partial charge in [0.05, 0.1) is 6.61 Å². The van der Waals surface area contributed by atoms with Crippen molar-refractivity contribution in [2.24, 2.45) is 0 Å². The third kappa shape index (κ3) is 3.55. The summed E-state index contributed by atoms with van der Waals surface area (Å²) in [5, 5.41) is 4.99. The van der Waals surface area contributed by atoms with E-state index in [9.17, 15) is 9.59 Å². The fourth-order valence-electron chi connectivity index (χ4n) is 2.38. The van der Waals surface area contributed by atoms with Crippen LogP contribution in [-0.2, 0) is 4.74 Å². The van der Waals surface area contributed by atoms with Gasteiger partial charge in [-0.2, -0.15) is 0 Å². The molecule has 0 spiro atoms. The van der Waals surface area contributed by atoms with Crippen molar-refractivity contribution in [2.45, 2.75) is 0 Å². The topological polar surface area (TPSA) is 74.8 Å². The van der Waals surface area contributed by atoms with E-state index in [0.717, 1.165) is 0 Å². The molecule has 2 heterocycles. The number of aromatic nitrogens is 1. The molecular weight excluding hydrogens is 328 g/mol. The highest BCUT2D eigenvalue weighted by molar-refractivity contribution is 7.14. The molecule has 1 N–H and O–H groups in total. The number of thiazole rings is 1. The van der Waals surface area contributed by atoms with Crippen LogP contribution in [0.1, 0.15) is 10.5 Å². The minimum Gasteiger partial charge on any atom is -0.383 e. The Balaban J connectivity index is 1.65. The number of nitrogens with one attached hydrogen (secondary N) is 1. The molecule has 8 heteroatoms. The number of benzene rings is 1. The zero-order valence-electron chi connectivity index (χ0n) is 13.3. The zero-order chi connectivity index (χ0) is 16.9. The van der Waals surface area contributed by atoms with Gasteiger partial charge < -0.3 is 15.0 Å². The van der Waals surface area contributed by atoms with E-state index >= 15 is 0 Å². The van der Waals surface area contributed by atoms with Gasteiger partial charge in [-0.25, -0.2) is 9.78 Å². The minimum atomic E-state index is -0.286. The summed E-state index contributed by atoms with van der Waals surface area (Å²) in [5.74, 6) is -0.286. The second-order valence-electron chi connectivity index (χ2n) is 5.25. The summed E-state index contributed by atoms with van der Waals surface area (Å²) in [7, 11) is 1.61. The molecule has 0 saturated carbocycles. The fourth-order valence-corrected chi connectivity index (χ4v) is 3.20. The number of methoxy groups -OCH3 is 1. The first kappa shape index (κ1) is 16.4. The summed E-state index contributed by atoms with van der Waals surface area (Å²) >= 11 is 1.29. The van der Waals surface area contributed by atoms with Crippen molar-refractivity contribution in [3.63, 3.8) is 0 Å².